The van der Waals surface area contributed by atoms with Gasteiger partial charge in [-0.15, -0.1) is 0 Å². The molecule has 0 spiro atoms. The van der Waals surface area contributed by atoms with Crippen molar-refractivity contribution in [1.29, 1.82) is 0 Å². The summed E-state index contributed by atoms with van der Waals surface area (Å²) in [7, 11) is -3.89. The van der Waals surface area contributed by atoms with Gasteiger partial charge in [-0.05, 0) is 47.9 Å². The first-order valence-corrected chi connectivity index (χ1v) is 10.3. The monoisotopic (exact) mass is 390 g/mol. The van der Waals surface area contributed by atoms with Crippen molar-refractivity contribution in [3.63, 3.8) is 0 Å². The molecular formula is C22H18N2O3S. The number of para-hydroxylation sites is 1. The van der Waals surface area contributed by atoms with Gasteiger partial charge in [0.15, 0.2) is 0 Å². The smallest absolute Gasteiger partial charge is 0.264 e. The molecule has 0 fully saturated rings. The molecule has 0 saturated heterocycles. The molecule has 4 rings (SSSR count). The Labute approximate surface area is 163 Å². The molecule has 28 heavy (non-hydrogen) atoms. The Morgan fingerprint density at radius 3 is 2.29 bits per heavy atom. The Kier molecular flexibility index (Phi) is 4.71. The number of benzene rings is 3. The van der Waals surface area contributed by atoms with Gasteiger partial charge in [0.1, 0.15) is 0 Å². The van der Waals surface area contributed by atoms with Crippen molar-refractivity contribution < 1.29 is 13.2 Å². The molecule has 6 heteroatoms. The maximum absolute atomic E-state index is 12.3. The van der Waals surface area contributed by atoms with Gasteiger partial charge in [0.05, 0.1) is 4.90 Å². The van der Waals surface area contributed by atoms with E-state index in [9.17, 15) is 13.2 Å². The molecule has 0 radical (unpaired) electrons. The van der Waals surface area contributed by atoms with Crippen LogP contribution >= 0.6 is 0 Å². The third-order valence-electron chi connectivity index (χ3n) is 4.57. The first-order chi connectivity index (χ1) is 13.5. The van der Waals surface area contributed by atoms with Crippen LogP contribution in [0.5, 0.6) is 0 Å². The molecule has 1 heterocycles. The van der Waals surface area contributed by atoms with Gasteiger partial charge in [-0.25, -0.2) is 13.1 Å². The number of fused-ring (bicyclic) bond motifs is 1. The number of sulfonamides is 1. The number of amides is 1. The highest BCUT2D eigenvalue weighted by atomic mass is 32.2. The van der Waals surface area contributed by atoms with Gasteiger partial charge in [-0.2, -0.15) is 0 Å². The minimum atomic E-state index is -3.89. The minimum absolute atomic E-state index is 0.0549. The summed E-state index contributed by atoms with van der Waals surface area (Å²) in [5.41, 5.74) is 3.58. The van der Waals surface area contributed by atoms with E-state index >= 15 is 0 Å². The van der Waals surface area contributed by atoms with Gasteiger partial charge in [0.2, 0.25) is 0 Å². The Balaban J connectivity index is 1.49. The van der Waals surface area contributed by atoms with Crippen LogP contribution < -0.4 is 4.72 Å². The molecule has 0 aliphatic heterocycles. The highest BCUT2D eigenvalue weighted by Crippen LogP contribution is 2.21. The molecule has 3 aromatic carbocycles. The Bertz CT molecular complexity index is 1230. The molecule has 0 aliphatic carbocycles. The lowest BCUT2D eigenvalue weighted by atomic mass is 10.0. The van der Waals surface area contributed by atoms with Crippen LogP contribution in [0.1, 0.15) is 21.5 Å². The van der Waals surface area contributed by atoms with E-state index in [0.717, 1.165) is 11.1 Å². The maximum atomic E-state index is 12.3. The third-order valence-corrected chi connectivity index (χ3v) is 5.91. The van der Waals surface area contributed by atoms with Crippen LogP contribution in [-0.2, 0) is 16.4 Å². The summed E-state index contributed by atoms with van der Waals surface area (Å²) in [5, 5.41) is 1.17. The minimum Gasteiger partial charge on any atom is -0.361 e. The van der Waals surface area contributed by atoms with Crippen molar-refractivity contribution in [3.8, 4) is 0 Å². The van der Waals surface area contributed by atoms with Crippen LogP contribution in [0.2, 0.25) is 0 Å². The van der Waals surface area contributed by atoms with E-state index in [-0.39, 0.29) is 4.90 Å². The summed E-state index contributed by atoms with van der Waals surface area (Å²) in [4.78, 5) is 15.6. The molecule has 0 atom stereocenters. The van der Waals surface area contributed by atoms with E-state index in [4.69, 9.17) is 0 Å². The number of aromatic amines is 1. The van der Waals surface area contributed by atoms with Crippen LogP contribution in [0.3, 0.4) is 0 Å². The van der Waals surface area contributed by atoms with E-state index < -0.39 is 15.9 Å². The number of aromatic nitrogens is 1. The lowest BCUT2D eigenvalue weighted by Crippen LogP contribution is -2.30. The van der Waals surface area contributed by atoms with E-state index in [0.29, 0.717) is 12.0 Å². The molecule has 140 valence electrons. The molecule has 0 aliphatic rings. The van der Waals surface area contributed by atoms with Gasteiger partial charge in [0, 0.05) is 22.7 Å². The maximum Gasteiger partial charge on any atom is 0.264 e. The SMILES string of the molecule is O=C(NS(=O)(=O)c1ccccc1)c1ccc(Cc2c[nH]c3ccccc23)cc1. The number of rotatable bonds is 5. The van der Waals surface area contributed by atoms with E-state index in [1.54, 1.807) is 30.3 Å². The number of nitrogens with one attached hydrogen (secondary N) is 2. The van der Waals surface area contributed by atoms with E-state index in [1.165, 1.54) is 23.1 Å². The van der Waals surface area contributed by atoms with Crippen molar-refractivity contribution in [2.24, 2.45) is 0 Å². The van der Waals surface area contributed by atoms with E-state index in [1.807, 2.05) is 36.5 Å². The number of carbonyl (C=O) groups is 1. The fraction of sp³-hybridized carbons (Fsp3) is 0.0455. The third kappa shape index (κ3) is 3.68. The summed E-state index contributed by atoms with van der Waals surface area (Å²) >= 11 is 0. The zero-order chi connectivity index (χ0) is 19.6. The molecule has 0 bridgehead atoms. The van der Waals surface area contributed by atoms with Crippen LogP contribution in [0.4, 0.5) is 0 Å². The van der Waals surface area contributed by atoms with Crippen molar-refractivity contribution in [2.75, 3.05) is 0 Å². The van der Waals surface area contributed by atoms with Crippen LogP contribution in [0.15, 0.2) is 90.0 Å². The summed E-state index contributed by atoms with van der Waals surface area (Å²) in [6.45, 7) is 0. The van der Waals surface area contributed by atoms with Crippen molar-refractivity contribution in [1.82, 2.24) is 9.71 Å². The number of carbonyl (C=O) groups excluding carboxylic acids is 1. The topological polar surface area (TPSA) is 79.0 Å². The molecule has 0 unspecified atom stereocenters. The predicted molar refractivity (Wildman–Crippen MR) is 109 cm³/mol. The average molecular weight is 390 g/mol. The number of H-pyrrole nitrogens is 1. The standard InChI is InChI=1S/C22H18N2O3S/c25-22(24-28(26,27)19-6-2-1-3-7-19)17-12-10-16(11-13-17)14-18-15-23-21-9-5-4-8-20(18)21/h1-13,15,23H,14H2,(H,24,25). The molecule has 1 amide bonds. The second-order valence-electron chi connectivity index (χ2n) is 6.48. The zero-order valence-corrected chi connectivity index (χ0v) is 15.7. The Morgan fingerprint density at radius 1 is 0.857 bits per heavy atom. The molecule has 4 aromatic rings. The number of hydrogen-bond donors (Lipinski definition) is 2. The summed E-state index contributed by atoms with van der Waals surface area (Å²) in [5.74, 6) is -0.650. The zero-order valence-electron chi connectivity index (χ0n) is 14.9. The van der Waals surface area contributed by atoms with Gasteiger partial charge in [-0.3, -0.25) is 4.79 Å². The van der Waals surface area contributed by atoms with Gasteiger partial charge in [0.25, 0.3) is 15.9 Å². The highest BCUT2D eigenvalue weighted by Gasteiger charge is 2.18. The van der Waals surface area contributed by atoms with E-state index in [2.05, 4.69) is 15.8 Å². The second-order valence-corrected chi connectivity index (χ2v) is 8.16. The van der Waals surface area contributed by atoms with Gasteiger partial charge >= 0.3 is 0 Å². The lowest BCUT2D eigenvalue weighted by molar-refractivity contribution is 0.0981. The fourth-order valence-corrected chi connectivity index (χ4v) is 4.11. The highest BCUT2D eigenvalue weighted by molar-refractivity contribution is 7.90. The molecule has 0 saturated carbocycles. The first-order valence-electron chi connectivity index (χ1n) is 8.79. The largest absolute Gasteiger partial charge is 0.361 e. The quantitative estimate of drug-likeness (QED) is 0.543. The van der Waals surface area contributed by atoms with Gasteiger partial charge in [-0.1, -0.05) is 48.5 Å². The predicted octanol–water partition coefficient (Wildman–Crippen LogP) is 3.88. The van der Waals surface area contributed by atoms with Gasteiger partial charge < -0.3 is 4.98 Å². The molecular weight excluding hydrogens is 372 g/mol. The fourth-order valence-electron chi connectivity index (χ4n) is 3.11. The van der Waals surface area contributed by atoms with Crippen molar-refractivity contribution in [2.45, 2.75) is 11.3 Å². The number of hydrogen-bond acceptors (Lipinski definition) is 3. The van der Waals surface area contributed by atoms with Crippen molar-refractivity contribution >= 4 is 26.8 Å². The molecule has 1 aromatic heterocycles. The lowest BCUT2D eigenvalue weighted by Gasteiger charge is -2.07. The second kappa shape index (κ2) is 7.32. The molecule has 5 nitrogen and oxygen atoms in total. The average Bonchev–Trinajstić information content (AvgIpc) is 3.12. The molecule has 2 N–H and O–H groups in total. The van der Waals surface area contributed by atoms with Crippen LogP contribution in [0, 0.1) is 0 Å². The first kappa shape index (κ1) is 18.0. The summed E-state index contributed by atoms with van der Waals surface area (Å²) in [6.07, 6.45) is 2.70. The van der Waals surface area contributed by atoms with Crippen molar-refractivity contribution in [3.05, 3.63) is 102 Å². The summed E-state index contributed by atoms with van der Waals surface area (Å²) < 4.78 is 26.7. The van der Waals surface area contributed by atoms with Crippen LogP contribution in [-0.4, -0.2) is 19.3 Å². The summed E-state index contributed by atoms with van der Waals surface area (Å²) in [6, 6.07) is 22.9. The Hall–Kier alpha value is -3.38. The Morgan fingerprint density at radius 2 is 1.54 bits per heavy atom. The van der Waals surface area contributed by atoms with Crippen LogP contribution in [0.25, 0.3) is 10.9 Å². The normalized spacial score (nSPS) is 11.4.